The molecule has 0 saturated heterocycles. The Balaban J connectivity index is 1.19. The highest BCUT2D eigenvalue weighted by Gasteiger charge is 2.31. The predicted octanol–water partition coefficient (Wildman–Crippen LogP) is 14.0. The van der Waals surface area contributed by atoms with Crippen LogP contribution in [0.4, 0.5) is 17.1 Å². The lowest BCUT2D eigenvalue weighted by atomic mass is 9.33. The van der Waals surface area contributed by atoms with E-state index in [-0.39, 0.29) is 6.71 Å². The van der Waals surface area contributed by atoms with Crippen molar-refractivity contribution in [2.45, 2.75) is 41.5 Å². The zero-order valence-corrected chi connectivity index (χ0v) is 35.6. The van der Waals surface area contributed by atoms with E-state index in [1.54, 1.807) is 0 Å². The second-order valence-electron chi connectivity index (χ2n) is 17.2. The van der Waals surface area contributed by atoms with Crippen molar-refractivity contribution in [3.63, 3.8) is 0 Å². The monoisotopic (exact) mass is 783 g/mol. The maximum atomic E-state index is 7.06. The van der Waals surface area contributed by atoms with Gasteiger partial charge in [-0.25, -0.2) is 0 Å². The number of nitrogens with zero attached hydrogens (tertiary/aromatic N) is 1. The second-order valence-corrected chi connectivity index (χ2v) is 17.2. The summed E-state index contributed by atoms with van der Waals surface area (Å²) in [7, 11) is 0. The second kappa shape index (κ2) is 14.3. The molecule has 292 valence electrons. The number of aryl methyl sites for hydroxylation is 6. The first-order chi connectivity index (χ1) is 29.7. The number of fused-ring (bicyclic) bond motifs is 3. The molecule has 1 heterocycles. The maximum absolute atomic E-state index is 7.06. The summed E-state index contributed by atoms with van der Waals surface area (Å²) in [6.07, 6.45) is 0. The van der Waals surface area contributed by atoms with Crippen LogP contribution >= 0.6 is 0 Å². The van der Waals surface area contributed by atoms with Crippen LogP contribution in [0, 0.1) is 41.5 Å². The molecule has 0 N–H and O–H groups in total. The van der Waals surface area contributed by atoms with Crippen LogP contribution in [0.3, 0.4) is 0 Å². The molecule has 61 heavy (non-hydrogen) atoms. The molecule has 0 spiro atoms. The Bertz CT molecular complexity index is 3390. The fourth-order valence-electron chi connectivity index (χ4n) is 10.8. The largest absolute Gasteiger partial charge is 0.453 e. The molecular formula is C58H46BNO. The molecule has 0 aliphatic rings. The summed E-state index contributed by atoms with van der Waals surface area (Å²) in [5.74, 6) is 0. The third kappa shape index (κ3) is 5.86. The molecule has 11 rings (SSSR count). The van der Waals surface area contributed by atoms with Crippen molar-refractivity contribution < 1.29 is 4.42 Å². The number of benzene rings is 10. The van der Waals surface area contributed by atoms with E-state index in [1.165, 1.54) is 82.1 Å². The molecule has 0 amide bonds. The average Bonchev–Trinajstić information content (AvgIpc) is 3.65. The molecule has 0 bridgehead atoms. The van der Waals surface area contributed by atoms with E-state index in [0.29, 0.717) is 0 Å². The van der Waals surface area contributed by atoms with Gasteiger partial charge in [-0.05, 0) is 98.3 Å². The summed E-state index contributed by atoms with van der Waals surface area (Å²) in [4.78, 5) is 2.40. The maximum Gasteiger partial charge on any atom is 0.243 e. The van der Waals surface area contributed by atoms with E-state index >= 15 is 0 Å². The van der Waals surface area contributed by atoms with Crippen molar-refractivity contribution in [2.75, 3.05) is 4.90 Å². The summed E-state index contributed by atoms with van der Waals surface area (Å²) >= 11 is 0. The molecule has 0 aliphatic carbocycles. The number of rotatable bonds is 7. The molecule has 2 nitrogen and oxygen atoms in total. The molecule has 10 aromatic carbocycles. The molecule has 3 heteroatoms. The smallest absolute Gasteiger partial charge is 0.243 e. The fraction of sp³-hybridized carbons (Fsp3) is 0.103. The van der Waals surface area contributed by atoms with Crippen LogP contribution < -0.4 is 21.3 Å². The van der Waals surface area contributed by atoms with Gasteiger partial charge in [-0.3, -0.25) is 0 Å². The Morgan fingerprint density at radius 3 is 1.57 bits per heavy atom. The first-order valence-electron chi connectivity index (χ1n) is 21.5. The first-order valence-corrected chi connectivity index (χ1v) is 21.5. The third-order valence-electron chi connectivity index (χ3n) is 13.1. The van der Waals surface area contributed by atoms with Crippen molar-refractivity contribution in [2.24, 2.45) is 0 Å². The lowest BCUT2D eigenvalue weighted by molar-refractivity contribution is 0.670. The van der Waals surface area contributed by atoms with Gasteiger partial charge in [0, 0.05) is 27.4 Å². The van der Waals surface area contributed by atoms with Gasteiger partial charge in [-0.15, -0.1) is 0 Å². The van der Waals surface area contributed by atoms with Gasteiger partial charge in [0.15, 0.2) is 5.58 Å². The number of furan rings is 1. The Labute approximate surface area is 358 Å². The topological polar surface area (TPSA) is 16.4 Å². The molecule has 0 unspecified atom stereocenters. The van der Waals surface area contributed by atoms with Gasteiger partial charge in [0.05, 0.1) is 11.4 Å². The van der Waals surface area contributed by atoms with Gasteiger partial charge in [0.2, 0.25) is 6.71 Å². The Hall–Kier alpha value is -7.10. The Morgan fingerprint density at radius 2 is 0.934 bits per heavy atom. The van der Waals surface area contributed by atoms with Crippen molar-refractivity contribution in [1.82, 2.24) is 0 Å². The highest BCUT2D eigenvalue weighted by atomic mass is 16.3. The SMILES string of the molecule is Cc1cc(C)c(B(c2c(C)cc(C)cc2C)c2ccc3ccc4c(N(c5ccccc5)c5cccc6c5oc5c(-c7ccccc7)cccc56)ccc5ccc2c3c54)c(C)c1. The van der Waals surface area contributed by atoms with E-state index in [9.17, 15) is 0 Å². The lowest BCUT2D eigenvalue weighted by Crippen LogP contribution is -2.56. The third-order valence-corrected chi connectivity index (χ3v) is 13.1. The number of hydrogen-bond acceptors (Lipinski definition) is 2. The zero-order valence-electron chi connectivity index (χ0n) is 35.6. The standard InChI is InChI=1S/C58H46BNO/c1-35-31-37(3)55(38(4)32-35)59(56-39(5)33-36(2)34-40(56)6)50-29-25-42-24-28-49-51(30-26-43-23-27-48(50)53(42)54(43)49)60(44-17-11-8-12-18-44)52-22-14-21-47-46-20-13-19-45(57(46)61-58(47)52)41-15-9-7-10-16-41/h7-34H,1-6H3. The van der Waals surface area contributed by atoms with Crippen molar-refractivity contribution in [3.05, 3.63) is 203 Å². The van der Waals surface area contributed by atoms with E-state index in [4.69, 9.17) is 4.42 Å². The molecular weight excluding hydrogens is 737 g/mol. The van der Waals surface area contributed by atoms with Crippen LogP contribution in [0.1, 0.15) is 33.4 Å². The molecule has 0 fully saturated rings. The summed E-state index contributed by atoms with van der Waals surface area (Å²) in [5.41, 5.74) is 19.3. The Kier molecular flexibility index (Phi) is 8.65. The van der Waals surface area contributed by atoms with Gasteiger partial charge in [-0.1, -0.05) is 195 Å². The molecule has 1 aromatic heterocycles. The van der Waals surface area contributed by atoms with Crippen molar-refractivity contribution in [3.8, 4) is 11.1 Å². The first kappa shape index (κ1) is 36.9. The predicted molar refractivity (Wildman–Crippen MR) is 264 cm³/mol. The van der Waals surface area contributed by atoms with Crippen molar-refractivity contribution >= 4 is 94.4 Å². The summed E-state index contributed by atoms with van der Waals surface area (Å²) in [6.45, 7) is 13.7. The van der Waals surface area contributed by atoms with Gasteiger partial charge in [0.1, 0.15) is 5.58 Å². The Morgan fingerprint density at radius 1 is 0.410 bits per heavy atom. The van der Waals surface area contributed by atoms with Crippen LogP contribution in [-0.4, -0.2) is 6.71 Å². The van der Waals surface area contributed by atoms with Gasteiger partial charge >= 0.3 is 0 Å². The minimum absolute atomic E-state index is 0.0671. The lowest BCUT2D eigenvalue weighted by Gasteiger charge is -2.28. The van der Waals surface area contributed by atoms with Gasteiger partial charge in [-0.2, -0.15) is 0 Å². The van der Waals surface area contributed by atoms with Crippen molar-refractivity contribution in [1.29, 1.82) is 0 Å². The van der Waals surface area contributed by atoms with Crippen LogP contribution in [0.25, 0.3) is 65.4 Å². The molecule has 0 radical (unpaired) electrons. The minimum Gasteiger partial charge on any atom is -0.453 e. The van der Waals surface area contributed by atoms with Gasteiger partial charge in [0.25, 0.3) is 0 Å². The number of anilines is 3. The molecule has 0 saturated carbocycles. The number of para-hydroxylation sites is 3. The summed E-state index contributed by atoms with van der Waals surface area (Å²) in [5, 5.41) is 9.80. The van der Waals surface area contributed by atoms with Crippen LogP contribution in [0.15, 0.2) is 174 Å². The molecule has 11 aromatic rings. The number of hydrogen-bond donors (Lipinski definition) is 0. The quantitative estimate of drug-likeness (QED) is 0.118. The average molecular weight is 784 g/mol. The zero-order chi connectivity index (χ0) is 41.5. The fourth-order valence-corrected chi connectivity index (χ4v) is 10.8. The van der Waals surface area contributed by atoms with Crippen LogP contribution in [-0.2, 0) is 0 Å². The van der Waals surface area contributed by atoms with Crippen LogP contribution in [0.5, 0.6) is 0 Å². The molecule has 0 aliphatic heterocycles. The molecule has 0 atom stereocenters. The summed E-state index contributed by atoms with van der Waals surface area (Å²) in [6, 6.07) is 62.6. The van der Waals surface area contributed by atoms with E-state index < -0.39 is 0 Å². The summed E-state index contributed by atoms with van der Waals surface area (Å²) < 4.78 is 7.06. The highest BCUT2D eigenvalue weighted by molar-refractivity contribution is 6.98. The normalized spacial score (nSPS) is 11.8. The van der Waals surface area contributed by atoms with E-state index in [0.717, 1.165) is 50.1 Å². The minimum atomic E-state index is 0.0671. The highest BCUT2D eigenvalue weighted by Crippen LogP contribution is 2.47. The van der Waals surface area contributed by atoms with Gasteiger partial charge < -0.3 is 9.32 Å². The van der Waals surface area contributed by atoms with E-state index in [2.05, 4.69) is 216 Å². The van der Waals surface area contributed by atoms with Crippen LogP contribution in [0.2, 0.25) is 0 Å². The van der Waals surface area contributed by atoms with E-state index in [1.807, 2.05) is 0 Å².